The summed E-state index contributed by atoms with van der Waals surface area (Å²) >= 11 is 0. The number of para-hydroxylation sites is 1. The van der Waals surface area contributed by atoms with E-state index in [1.54, 1.807) is 73.1 Å². The zero-order valence-corrected chi connectivity index (χ0v) is 32.1. The van der Waals surface area contributed by atoms with Gasteiger partial charge in [0, 0.05) is 54.7 Å². The minimum atomic E-state index is -1.26. The van der Waals surface area contributed by atoms with Crippen LogP contribution in [0, 0.1) is 5.41 Å². The van der Waals surface area contributed by atoms with Crippen LogP contribution in [0.3, 0.4) is 0 Å². The average molecular weight is 805 g/mol. The number of nitrogens with zero attached hydrogens (tertiary/aromatic N) is 1. The molecular formula is C41H48N12O6. The molecule has 4 atom stereocenters. The van der Waals surface area contributed by atoms with Crippen LogP contribution in [0.15, 0.2) is 104 Å². The zero-order valence-electron chi connectivity index (χ0n) is 32.1. The Balaban J connectivity index is 1.33. The number of imidazole rings is 1. The molecular weight excluding hydrogens is 757 g/mol. The summed E-state index contributed by atoms with van der Waals surface area (Å²) in [6.45, 7) is -0.234. The van der Waals surface area contributed by atoms with Crippen LogP contribution >= 0.6 is 0 Å². The second kappa shape index (κ2) is 21.1. The topological polar surface area (TPSA) is 295 Å². The van der Waals surface area contributed by atoms with Gasteiger partial charge >= 0.3 is 0 Å². The maximum absolute atomic E-state index is 14.2. The van der Waals surface area contributed by atoms with Gasteiger partial charge in [0.1, 0.15) is 24.2 Å². The first-order valence-electron chi connectivity index (χ1n) is 18.9. The van der Waals surface area contributed by atoms with Crippen LogP contribution in [0.1, 0.15) is 40.0 Å². The lowest BCUT2D eigenvalue weighted by Gasteiger charge is -2.26. The Labute approximate surface area is 339 Å². The first-order valence-corrected chi connectivity index (χ1v) is 18.9. The number of H-pyrrole nitrogens is 2. The molecule has 5 aromatic rings. The van der Waals surface area contributed by atoms with Gasteiger partial charge < -0.3 is 53.3 Å². The third kappa shape index (κ3) is 13.0. The van der Waals surface area contributed by atoms with Crippen LogP contribution < -0.4 is 43.4 Å². The van der Waals surface area contributed by atoms with Crippen molar-refractivity contribution in [2.24, 2.45) is 11.5 Å². The van der Waals surface area contributed by atoms with Crippen LogP contribution in [0.4, 0.5) is 0 Å². The lowest BCUT2D eigenvalue weighted by atomic mass is 10.0. The molecule has 0 aliphatic carbocycles. The average Bonchev–Trinajstić information content (AvgIpc) is 3.91. The lowest BCUT2D eigenvalue weighted by molar-refractivity contribution is -0.134. The minimum absolute atomic E-state index is 0.000671. The van der Waals surface area contributed by atoms with Crippen molar-refractivity contribution in [3.63, 3.8) is 0 Å². The summed E-state index contributed by atoms with van der Waals surface area (Å²) in [6, 6.07) is 19.8. The highest BCUT2D eigenvalue weighted by molar-refractivity contribution is 5.98. The molecule has 5 rings (SSSR count). The second-order valence-corrected chi connectivity index (χ2v) is 13.8. The van der Waals surface area contributed by atoms with E-state index in [-0.39, 0.29) is 44.6 Å². The molecule has 0 fully saturated rings. The van der Waals surface area contributed by atoms with E-state index in [1.165, 1.54) is 6.33 Å². The van der Waals surface area contributed by atoms with E-state index in [9.17, 15) is 28.8 Å². The summed E-state index contributed by atoms with van der Waals surface area (Å²) in [6.07, 6.45) is 5.04. The summed E-state index contributed by atoms with van der Waals surface area (Å²) in [7, 11) is 0. The van der Waals surface area contributed by atoms with E-state index in [1.807, 2.05) is 24.3 Å². The summed E-state index contributed by atoms with van der Waals surface area (Å²) in [5, 5.41) is 24.4. The van der Waals surface area contributed by atoms with E-state index < -0.39 is 66.2 Å². The highest BCUT2D eigenvalue weighted by Crippen LogP contribution is 2.19. The Morgan fingerprint density at radius 2 is 1.31 bits per heavy atom. The van der Waals surface area contributed by atoms with Crippen LogP contribution in [-0.4, -0.2) is 93.6 Å². The van der Waals surface area contributed by atoms with E-state index in [2.05, 4.69) is 46.9 Å². The van der Waals surface area contributed by atoms with Crippen LogP contribution in [0.25, 0.3) is 10.9 Å². The molecule has 18 heteroatoms. The van der Waals surface area contributed by atoms with Gasteiger partial charge in [0.05, 0.1) is 18.6 Å². The van der Waals surface area contributed by atoms with Crippen LogP contribution in [0.2, 0.25) is 0 Å². The number of benzene rings is 3. The third-order valence-electron chi connectivity index (χ3n) is 9.36. The minimum Gasteiger partial charge on any atom is -0.370 e. The smallest absolute Gasteiger partial charge is 0.251 e. The Bertz CT molecular complexity index is 2210. The number of primary amides is 1. The second-order valence-electron chi connectivity index (χ2n) is 13.8. The predicted molar refractivity (Wildman–Crippen MR) is 219 cm³/mol. The molecule has 0 saturated carbocycles. The van der Waals surface area contributed by atoms with Gasteiger partial charge in [0.25, 0.3) is 5.91 Å². The number of amides is 6. The van der Waals surface area contributed by atoms with Crippen LogP contribution in [0.5, 0.6) is 0 Å². The van der Waals surface area contributed by atoms with E-state index in [0.717, 1.165) is 16.5 Å². The number of fused-ring (bicyclic) bond motifs is 1. The van der Waals surface area contributed by atoms with Gasteiger partial charge in [-0.15, -0.1) is 0 Å². The largest absolute Gasteiger partial charge is 0.370 e. The fraction of sp³-hybridized carbons (Fsp3) is 0.268. The quantitative estimate of drug-likeness (QED) is 0.0271. The summed E-state index contributed by atoms with van der Waals surface area (Å²) in [5.41, 5.74) is 14.3. The Morgan fingerprint density at radius 3 is 1.98 bits per heavy atom. The van der Waals surface area contributed by atoms with Crippen LogP contribution in [-0.2, 0) is 43.2 Å². The zero-order chi connectivity index (χ0) is 42.1. The van der Waals surface area contributed by atoms with Crippen molar-refractivity contribution in [3.8, 4) is 0 Å². The first-order chi connectivity index (χ1) is 28.5. The molecule has 59 heavy (non-hydrogen) atoms. The maximum atomic E-state index is 14.2. The number of aromatic nitrogens is 3. The highest BCUT2D eigenvalue weighted by Gasteiger charge is 2.32. The normalized spacial score (nSPS) is 12.9. The van der Waals surface area contributed by atoms with Crippen molar-refractivity contribution in [1.82, 2.24) is 46.9 Å². The number of hydrogen-bond acceptors (Lipinski definition) is 8. The van der Waals surface area contributed by atoms with Gasteiger partial charge in [-0.1, -0.05) is 66.7 Å². The fourth-order valence-corrected chi connectivity index (χ4v) is 6.34. The molecule has 0 spiro atoms. The third-order valence-corrected chi connectivity index (χ3v) is 9.36. The monoisotopic (exact) mass is 804 g/mol. The number of carbonyl (C=O) groups is 6. The van der Waals surface area contributed by atoms with Gasteiger partial charge in [0.15, 0.2) is 5.96 Å². The Morgan fingerprint density at radius 1 is 0.678 bits per heavy atom. The number of hydrogen-bond donors (Lipinski definition) is 11. The maximum Gasteiger partial charge on any atom is 0.251 e. The van der Waals surface area contributed by atoms with E-state index >= 15 is 0 Å². The summed E-state index contributed by atoms with van der Waals surface area (Å²) in [5.74, 6) is -4.36. The first kappa shape index (κ1) is 42.6. The number of nitrogens with one attached hydrogen (secondary N) is 9. The number of guanidine groups is 1. The molecule has 0 radical (unpaired) electrons. The number of carbonyl (C=O) groups excluding carboxylic acids is 6. The molecule has 0 unspecified atom stereocenters. The van der Waals surface area contributed by atoms with Gasteiger partial charge in [-0.25, -0.2) is 4.98 Å². The lowest BCUT2D eigenvalue weighted by Crippen LogP contribution is -2.59. The van der Waals surface area contributed by atoms with Gasteiger partial charge in [-0.3, -0.25) is 34.2 Å². The molecule has 2 heterocycles. The molecule has 13 N–H and O–H groups in total. The molecule has 3 aromatic carbocycles. The van der Waals surface area contributed by atoms with E-state index in [4.69, 9.17) is 16.9 Å². The number of aromatic amines is 2. The van der Waals surface area contributed by atoms with Crippen molar-refractivity contribution in [3.05, 3.63) is 126 Å². The van der Waals surface area contributed by atoms with Gasteiger partial charge in [-0.05, 0) is 42.2 Å². The standard InChI is InChI=1S/C41H48N12O6/c42-36(55)32(19-27-21-47-30-15-8-7-14-29(27)30)52-38(57)31(16-9-17-46-41(43)44)51-39(58)33(18-25-10-3-1-4-11-25)53-40(59)34(20-28-22-45-24-49-28)50-35(54)23-48-37(56)26-12-5-2-6-13-26/h1-8,10-15,21-22,24,31-34,47H,9,16-20,23H2,(H2,42,55)(H,45,49)(H,48,56)(H,50,54)(H,51,58)(H,52,57)(H,53,59)(H4,43,44,46)/t31-,32+,33+,34-/m0/s1. The van der Waals surface area contributed by atoms with E-state index in [0.29, 0.717) is 16.8 Å². The summed E-state index contributed by atoms with van der Waals surface area (Å²) < 4.78 is 0. The van der Waals surface area contributed by atoms with Crippen molar-refractivity contribution < 1.29 is 28.8 Å². The van der Waals surface area contributed by atoms with Crippen molar-refractivity contribution >= 4 is 52.3 Å². The van der Waals surface area contributed by atoms with Crippen molar-refractivity contribution in [2.75, 3.05) is 13.1 Å². The molecule has 308 valence electrons. The Kier molecular flexibility index (Phi) is 15.3. The van der Waals surface area contributed by atoms with Gasteiger partial charge in [-0.2, -0.15) is 0 Å². The van der Waals surface area contributed by atoms with Gasteiger partial charge in [0.2, 0.25) is 29.5 Å². The van der Waals surface area contributed by atoms with Crippen molar-refractivity contribution in [1.29, 1.82) is 5.41 Å². The molecule has 0 aliphatic heterocycles. The molecule has 18 nitrogen and oxygen atoms in total. The summed E-state index contributed by atoms with van der Waals surface area (Å²) in [4.78, 5) is 90.6. The Hall–Kier alpha value is -7.50. The molecule has 0 bridgehead atoms. The fourth-order valence-electron chi connectivity index (χ4n) is 6.34. The highest BCUT2D eigenvalue weighted by atomic mass is 16.2. The van der Waals surface area contributed by atoms with Crippen molar-refractivity contribution in [2.45, 2.75) is 56.3 Å². The predicted octanol–water partition coefficient (Wildman–Crippen LogP) is 0.0367. The number of nitrogens with two attached hydrogens (primary N) is 2. The SMILES string of the molecule is N=C(N)NCCC[C@H](NC(=O)[C@@H](Cc1ccccc1)NC(=O)[C@H](Cc1c[nH]cn1)NC(=O)CNC(=O)c1ccccc1)C(=O)N[C@H](Cc1c[nH]c2ccccc12)C(N)=O. The molecule has 2 aromatic heterocycles. The molecule has 0 saturated heterocycles. The molecule has 6 amide bonds. The number of rotatable bonds is 21. The molecule has 0 aliphatic rings.